The summed E-state index contributed by atoms with van der Waals surface area (Å²) >= 11 is 0. The Morgan fingerprint density at radius 2 is 2.00 bits per heavy atom. The van der Waals surface area contributed by atoms with Crippen LogP contribution in [0, 0.1) is 17.2 Å². The number of guanidine groups is 1. The minimum absolute atomic E-state index is 0.286. The van der Waals surface area contributed by atoms with Crippen molar-refractivity contribution in [3.8, 4) is 0 Å². The number of hydrogen-bond acceptors (Lipinski definition) is 1. The number of piperidine rings is 1. The second-order valence-electron chi connectivity index (χ2n) is 4.86. The minimum Gasteiger partial charge on any atom is -0.370 e. The van der Waals surface area contributed by atoms with Crippen molar-refractivity contribution in [1.29, 1.82) is 5.41 Å². The third-order valence-electron chi connectivity index (χ3n) is 4.05. The Hall–Kier alpha value is -0.730. The molecular weight excluding hydrogens is 174 g/mol. The van der Waals surface area contributed by atoms with Crippen molar-refractivity contribution in [2.75, 3.05) is 6.54 Å². The van der Waals surface area contributed by atoms with Crippen LogP contribution in [0.4, 0.5) is 0 Å². The second-order valence-corrected chi connectivity index (χ2v) is 4.86. The van der Waals surface area contributed by atoms with E-state index in [1.54, 1.807) is 0 Å². The molecule has 2 fully saturated rings. The van der Waals surface area contributed by atoms with Gasteiger partial charge in [-0.3, -0.25) is 5.41 Å². The SMILES string of the molecule is C[C@@H]1CCN(C(=N)N)[C@@H]2CCCC[C@H]12. The van der Waals surface area contributed by atoms with Crippen molar-refractivity contribution >= 4 is 5.96 Å². The van der Waals surface area contributed by atoms with E-state index in [4.69, 9.17) is 11.1 Å². The second kappa shape index (κ2) is 3.79. The summed E-state index contributed by atoms with van der Waals surface area (Å²) < 4.78 is 0. The molecule has 14 heavy (non-hydrogen) atoms. The molecule has 3 nitrogen and oxygen atoms in total. The molecule has 3 N–H and O–H groups in total. The summed E-state index contributed by atoms with van der Waals surface area (Å²) in [4.78, 5) is 2.13. The molecular formula is C11H21N3. The Morgan fingerprint density at radius 1 is 1.29 bits per heavy atom. The van der Waals surface area contributed by atoms with E-state index in [1.165, 1.54) is 32.1 Å². The Balaban J connectivity index is 2.12. The molecule has 3 atom stereocenters. The highest BCUT2D eigenvalue weighted by atomic mass is 15.3. The van der Waals surface area contributed by atoms with Gasteiger partial charge in [0.05, 0.1) is 0 Å². The summed E-state index contributed by atoms with van der Waals surface area (Å²) in [6.45, 7) is 3.36. The molecule has 1 aliphatic carbocycles. The van der Waals surface area contributed by atoms with Gasteiger partial charge in [0.1, 0.15) is 0 Å². The number of hydrogen-bond donors (Lipinski definition) is 2. The topological polar surface area (TPSA) is 53.1 Å². The van der Waals surface area contributed by atoms with Gasteiger partial charge in [-0.15, -0.1) is 0 Å². The lowest BCUT2D eigenvalue weighted by molar-refractivity contribution is 0.0726. The Bertz CT molecular complexity index is 227. The quantitative estimate of drug-likeness (QED) is 0.457. The molecule has 0 spiro atoms. The van der Waals surface area contributed by atoms with Crippen LogP contribution < -0.4 is 5.73 Å². The normalized spacial score (nSPS) is 37.8. The van der Waals surface area contributed by atoms with E-state index in [-0.39, 0.29) is 5.96 Å². The maximum Gasteiger partial charge on any atom is 0.188 e. The minimum atomic E-state index is 0.286. The average molecular weight is 195 g/mol. The van der Waals surface area contributed by atoms with Gasteiger partial charge in [-0.2, -0.15) is 0 Å². The summed E-state index contributed by atoms with van der Waals surface area (Å²) in [5, 5.41) is 7.58. The molecule has 2 aliphatic rings. The standard InChI is InChI=1S/C11H21N3/c1-8-6-7-14(11(12)13)10-5-3-2-4-9(8)10/h8-10H,2-7H2,1H3,(H3,12,13)/t8-,9-,10-/m1/s1. The first-order valence-corrected chi connectivity index (χ1v) is 5.81. The zero-order valence-corrected chi connectivity index (χ0v) is 9.00. The number of nitrogens with zero attached hydrogens (tertiary/aromatic N) is 1. The fraction of sp³-hybridized carbons (Fsp3) is 0.909. The molecule has 80 valence electrons. The summed E-state index contributed by atoms with van der Waals surface area (Å²) in [7, 11) is 0. The molecule has 2 rings (SSSR count). The largest absolute Gasteiger partial charge is 0.370 e. The van der Waals surface area contributed by atoms with Crippen LogP contribution in [0.15, 0.2) is 0 Å². The number of nitrogens with two attached hydrogens (primary N) is 1. The summed E-state index contributed by atoms with van der Waals surface area (Å²) in [5.41, 5.74) is 5.63. The molecule has 0 amide bonds. The number of fused-ring (bicyclic) bond motifs is 1. The summed E-state index contributed by atoms with van der Waals surface area (Å²) in [6, 6.07) is 0.574. The van der Waals surface area contributed by atoms with Crippen LogP contribution in [0.25, 0.3) is 0 Å². The molecule has 3 heteroatoms. The van der Waals surface area contributed by atoms with Crippen molar-refractivity contribution < 1.29 is 0 Å². The van der Waals surface area contributed by atoms with Crippen LogP contribution in [0.3, 0.4) is 0 Å². The van der Waals surface area contributed by atoms with Crippen LogP contribution in [-0.2, 0) is 0 Å². The Morgan fingerprint density at radius 3 is 2.71 bits per heavy atom. The molecule has 0 aromatic carbocycles. The maximum absolute atomic E-state index is 7.58. The molecule has 1 saturated heterocycles. The van der Waals surface area contributed by atoms with Crippen molar-refractivity contribution in [3.05, 3.63) is 0 Å². The molecule has 0 radical (unpaired) electrons. The molecule has 0 unspecified atom stereocenters. The Kier molecular flexibility index (Phi) is 2.66. The lowest BCUT2D eigenvalue weighted by Gasteiger charge is -2.47. The van der Waals surface area contributed by atoms with Gasteiger partial charge in [0.15, 0.2) is 5.96 Å². The predicted molar refractivity (Wildman–Crippen MR) is 58.1 cm³/mol. The van der Waals surface area contributed by atoms with E-state index in [0.717, 1.165) is 18.4 Å². The highest BCUT2D eigenvalue weighted by Crippen LogP contribution is 2.38. The fourth-order valence-electron chi connectivity index (χ4n) is 3.21. The zero-order valence-electron chi connectivity index (χ0n) is 9.00. The average Bonchev–Trinajstić information content (AvgIpc) is 2.18. The molecule has 0 bridgehead atoms. The van der Waals surface area contributed by atoms with Gasteiger partial charge in [0, 0.05) is 12.6 Å². The van der Waals surface area contributed by atoms with Gasteiger partial charge >= 0.3 is 0 Å². The van der Waals surface area contributed by atoms with Crippen LogP contribution in [0.2, 0.25) is 0 Å². The molecule has 0 aromatic heterocycles. The zero-order chi connectivity index (χ0) is 10.1. The molecule has 1 saturated carbocycles. The van der Waals surface area contributed by atoms with Gasteiger partial charge in [-0.05, 0) is 31.1 Å². The maximum atomic E-state index is 7.58. The van der Waals surface area contributed by atoms with Gasteiger partial charge in [-0.1, -0.05) is 19.8 Å². The van der Waals surface area contributed by atoms with Gasteiger partial charge in [0.25, 0.3) is 0 Å². The first kappa shape index (κ1) is 9.81. The third kappa shape index (κ3) is 1.60. The number of likely N-dealkylation sites (tertiary alicyclic amines) is 1. The van der Waals surface area contributed by atoms with E-state index in [9.17, 15) is 0 Å². The smallest absolute Gasteiger partial charge is 0.188 e. The van der Waals surface area contributed by atoms with E-state index >= 15 is 0 Å². The van der Waals surface area contributed by atoms with Crippen molar-refractivity contribution in [2.45, 2.75) is 45.1 Å². The highest BCUT2D eigenvalue weighted by Gasteiger charge is 2.37. The number of rotatable bonds is 0. The van der Waals surface area contributed by atoms with Gasteiger partial charge < -0.3 is 10.6 Å². The van der Waals surface area contributed by atoms with E-state index in [2.05, 4.69) is 11.8 Å². The predicted octanol–water partition coefficient (Wildman–Crippen LogP) is 1.78. The Labute approximate surface area is 86.2 Å². The molecule has 0 aromatic rings. The lowest BCUT2D eigenvalue weighted by Crippen LogP contribution is -2.54. The van der Waals surface area contributed by atoms with E-state index < -0.39 is 0 Å². The molecule has 1 heterocycles. The van der Waals surface area contributed by atoms with Crippen LogP contribution in [-0.4, -0.2) is 23.4 Å². The lowest BCUT2D eigenvalue weighted by atomic mass is 9.73. The van der Waals surface area contributed by atoms with Gasteiger partial charge in [-0.25, -0.2) is 0 Å². The van der Waals surface area contributed by atoms with Crippen LogP contribution in [0.5, 0.6) is 0 Å². The highest BCUT2D eigenvalue weighted by molar-refractivity contribution is 5.75. The summed E-state index contributed by atoms with van der Waals surface area (Å²) in [6.07, 6.45) is 6.49. The summed E-state index contributed by atoms with van der Waals surface area (Å²) in [5.74, 6) is 1.91. The number of nitrogens with one attached hydrogen (secondary N) is 1. The van der Waals surface area contributed by atoms with Gasteiger partial charge in [0.2, 0.25) is 0 Å². The van der Waals surface area contributed by atoms with Crippen molar-refractivity contribution in [3.63, 3.8) is 0 Å². The fourth-order valence-corrected chi connectivity index (χ4v) is 3.21. The van der Waals surface area contributed by atoms with E-state index in [0.29, 0.717) is 6.04 Å². The molecule has 1 aliphatic heterocycles. The first-order valence-electron chi connectivity index (χ1n) is 5.81. The van der Waals surface area contributed by atoms with Crippen molar-refractivity contribution in [1.82, 2.24) is 4.90 Å². The van der Waals surface area contributed by atoms with Crippen molar-refractivity contribution in [2.24, 2.45) is 17.6 Å². The van der Waals surface area contributed by atoms with Crippen LogP contribution in [0.1, 0.15) is 39.0 Å². The first-order chi connectivity index (χ1) is 6.70. The monoisotopic (exact) mass is 195 g/mol. The third-order valence-corrected chi connectivity index (χ3v) is 4.05. The van der Waals surface area contributed by atoms with E-state index in [1.807, 2.05) is 0 Å². The van der Waals surface area contributed by atoms with Crippen LogP contribution >= 0.6 is 0 Å².